The molecule has 1 aliphatic carbocycles. The molecule has 0 saturated heterocycles. The number of aromatic nitrogens is 1. The number of pyridine rings is 1. The SMILES string of the molecule is Cc1ccc2c(oc3c(-c4ccc5c(c4)-c4ccccc4C5(C)C)cccc32)c1-c1cccc[n+]1C. The van der Waals surface area contributed by atoms with Crippen LogP contribution in [0.15, 0.2) is 102 Å². The molecule has 0 spiro atoms. The maximum Gasteiger partial charge on any atom is 0.216 e. The minimum atomic E-state index is 0.00741. The number of hydrogen-bond donors (Lipinski definition) is 0. The summed E-state index contributed by atoms with van der Waals surface area (Å²) < 4.78 is 8.94. The van der Waals surface area contributed by atoms with Gasteiger partial charge in [0, 0.05) is 33.9 Å². The second-order valence-corrected chi connectivity index (χ2v) is 10.5. The molecule has 6 aromatic rings. The van der Waals surface area contributed by atoms with Crippen LogP contribution >= 0.6 is 0 Å². The average Bonchev–Trinajstić information content (AvgIpc) is 3.37. The number of hydrogen-bond acceptors (Lipinski definition) is 1. The molecular weight excluding hydrogens is 438 g/mol. The van der Waals surface area contributed by atoms with E-state index in [0.717, 1.165) is 38.8 Å². The predicted molar refractivity (Wildman–Crippen MR) is 148 cm³/mol. The Morgan fingerprint density at radius 2 is 1.42 bits per heavy atom. The molecule has 36 heavy (non-hydrogen) atoms. The molecule has 0 amide bonds. The number of fused-ring (bicyclic) bond motifs is 6. The number of benzene rings is 4. The van der Waals surface area contributed by atoms with Crippen LogP contribution in [0.5, 0.6) is 0 Å². The van der Waals surface area contributed by atoms with Crippen LogP contribution in [0, 0.1) is 6.92 Å². The molecule has 0 unspecified atom stereocenters. The van der Waals surface area contributed by atoms with Gasteiger partial charge < -0.3 is 4.42 Å². The standard InChI is InChI=1S/C34H28NO/c1-21-15-17-26-25-12-9-11-23(32(25)36-33(26)31(21)30-14-7-8-19-35(30)4)22-16-18-29-27(20-22)24-10-5-6-13-28(24)34(29,2)3/h5-20H,1-4H3/q+1. The normalized spacial score (nSPS) is 13.8. The molecule has 0 N–H and O–H groups in total. The lowest BCUT2D eigenvalue weighted by Gasteiger charge is -2.21. The van der Waals surface area contributed by atoms with Crippen molar-refractivity contribution in [1.82, 2.24) is 0 Å². The minimum Gasteiger partial charge on any atom is -0.454 e. The maximum absolute atomic E-state index is 6.78. The van der Waals surface area contributed by atoms with Crippen molar-refractivity contribution >= 4 is 21.9 Å². The van der Waals surface area contributed by atoms with E-state index in [-0.39, 0.29) is 5.41 Å². The van der Waals surface area contributed by atoms with Crippen LogP contribution in [-0.2, 0) is 12.5 Å². The molecule has 0 atom stereocenters. The van der Waals surface area contributed by atoms with Gasteiger partial charge in [0.05, 0.1) is 5.56 Å². The van der Waals surface area contributed by atoms with Gasteiger partial charge in [-0.2, -0.15) is 0 Å². The molecule has 2 nitrogen and oxygen atoms in total. The van der Waals surface area contributed by atoms with Gasteiger partial charge in [0.25, 0.3) is 0 Å². The van der Waals surface area contributed by atoms with Gasteiger partial charge in [0.15, 0.2) is 6.20 Å². The van der Waals surface area contributed by atoms with E-state index >= 15 is 0 Å². The Morgan fingerprint density at radius 3 is 2.28 bits per heavy atom. The Hall–Kier alpha value is -4.17. The Balaban J connectivity index is 1.49. The van der Waals surface area contributed by atoms with Crippen molar-refractivity contribution in [3.63, 3.8) is 0 Å². The Labute approximate surface area is 211 Å². The van der Waals surface area contributed by atoms with E-state index in [4.69, 9.17) is 4.42 Å². The molecule has 1 aliphatic rings. The van der Waals surface area contributed by atoms with E-state index < -0.39 is 0 Å². The van der Waals surface area contributed by atoms with E-state index in [1.165, 1.54) is 33.4 Å². The summed E-state index contributed by atoms with van der Waals surface area (Å²) in [5.41, 5.74) is 13.2. The fourth-order valence-electron chi connectivity index (χ4n) is 6.18. The van der Waals surface area contributed by atoms with Gasteiger partial charge in [-0.3, -0.25) is 0 Å². The Kier molecular flexibility index (Phi) is 4.35. The van der Waals surface area contributed by atoms with Gasteiger partial charge in [0.2, 0.25) is 5.69 Å². The van der Waals surface area contributed by atoms with Crippen LogP contribution in [-0.4, -0.2) is 0 Å². The maximum atomic E-state index is 6.78. The molecule has 7 rings (SSSR count). The highest BCUT2D eigenvalue weighted by atomic mass is 16.3. The zero-order valence-corrected chi connectivity index (χ0v) is 21.1. The Bertz CT molecular complexity index is 1840. The summed E-state index contributed by atoms with van der Waals surface area (Å²) in [4.78, 5) is 0. The summed E-state index contributed by atoms with van der Waals surface area (Å²) in [6, 6.07) is 33.0. The summed E-state index contributed by atoms with van der Waals surface area (Å²) in [6.07, 6.45) is 2.09. The second-order valence-electron chi connectivity index (χ2n) is 10.5. The Morgan fingerprint density at radius 1 is 0.667 bits per heavy atom. The minimum absolute atomic E-state index is 0.00741. The third kappa shape index (κ3) is 2.82. The topological polar surface area (TPSA) is 17.0 Å². The fourth-order valence-corrected chi connectivity index (χ4v) is 6.18. The van der Waals surface area contributed by atoms with Crippen molar-refractivity contribution in [2.24, 2.45) is 7.05 Å². The summed E-state index contributed by atoms with van der Waals surface area (Å²) >= 11 is 0. The van der Waals surface area contributed by atoms with Crippen LogP contribution in [0.4, 0.5) is 0 Å². The van der Waals surface area contributed by atoms with Gasteiger partial charge in [-0.05, 0) is 52.4 Å². The summed E-state index contributed by atoms with van der Waals surface area (Å²) in [7, 11) is 2.09. The molecule has 0 radical (unpaired) electrons. The average molecular weight is 467 g/mol. The van der Waals surface area contributed by atoms with E-state index in [0.29, 0.717) is 0 Å². The molecule has 4 aromatic carbocycles. The van der Waals surface area contributed by atoms with Crippen LogP contribution in [0.25, 0.3) is 55.4 Å². The number of aryl methyl sites for hydroxylation is 2. The van der Waals surface area contributed by atoms with Crippen molar-refractivity contribution in [2.75, 3.05) is 0 Å². The van der Waals surface area contributed by atoms with Gasteiger partial charge in [-0.15, -0.1) is 0 Å². The molecule has 0 aliphatic heterocycles. The monoisotopic (exact) mass is 466 g/mol. The second kappa shape index (κ2) is 7.41. The quantitative estimate of drug-likeness (QED) is 0.234. The highest BCUT2D eigenvalue weighted by Crippen LogP contribution is 2.50. The highest BCUT2D eigenvalue weighted by Gasteiger charge is 2.35. The first-order valence-corrected chi connectivity index (χ1v) is 12.6. The highest BCUT2D eigenvalue weighted by molar-refractivity contribution is 6.13. The first-order chi connectivity index (χ1) is 17.4. The number of nitrogens with zero attached hydrogens (tertiary/aromatic N) is 1. The van der Waals surface area contributed by atoms with Crippen LogP contribution < -0.4 is 4.57 Å². The molecule has 0 bridgehead atoms. The third-order valence-corrected chi connectivity index (χ3v) is 8.08. The lowest BCUT2D eigenvalue weighted by Crippen LogP contribution is -2.30. The van der Waals surface area contributed by atoms with Crippen LogP contribution in [0.1, 0.15) is 30.5 Å². The van der Waals surface area contributed by atoms with Crippen molar-refractivity contribution in [3.05, 3.63) is 114 Å². The lowest BCUT2D eigenvalue weighted by atomic mass is 9.82. The van der Waals surface area contributed by atoms with Crippen LogP contribution in [0.3, 0.4) is 0 Å². The fraction of sp³-hybridized carbons (Fsp3) is 0.147. The van der Waals surface area contributed by atoms with Gasteiger partial charge in [0.1, 0.15) is 18.2 Å². The van der Waals surface area contributed by atoms with Gasteiger partial charge in [-0.1, -0.05) is 80.6 Å². The number of para-hydroxylation sites is 1. The zero-order valence-electron chi connectivity index (χ0n) is 21.1. The largest absolute Gasteiger partial charge is 0.454 e. The first-order valence-electron chi connectivity index (χ1n) is 12.6. The van der Waals surface area contributed by atoms with Crippen LogP contribution in [0.2, 0.25) is 0 Å². The third-order valence-electron chi connectivity index (χ3n) is 8.08. The zero-order chi connectivity index (χ0) is 24.6. The summed E-state index contributed by atoms with van der Waals surface area (Å²) in [5, 5.41) is 2.31. The van der Waals surface area contributed by atoms with E-state index in [2.05, 4.69) is 130 Å². The molecule has 2 heteroatoms. The molecule has 2 heterocycles. The predicted octanol–water partition coefficient (Wildman–Crippen LogP) is 8.36. The van der Waals surface area contributed by atoms with Gasteiger partial charge >= 0.3 is 0 Å². The molecule has 0 fully saturated rings. The summed E-state index contributed by atoms with van der Waals surface area (Å²) in [6.45, 7) is 6.81. The molecule has 174 valence electrons. The molecule has 0 saturated carbocycles. The number of rotatable bonds is 2. The smallest absolute Gasteiger partial charge is 0.216 e. The summed E-state index contributed by atoms with van der Waals surface area (Å²) in [5.74, 6) is 0. The lowest BCUT2D eigenvalue weighted by molar-refractivity contribution is -0.660. The van der Waals surface area contributed by atoms with Crippen molar-refractivity contribution in [2.45, 2.75) is 26.2 Å². The molecular formula is C34H28NO+. The van der Waals surface area contributed by atoms with Crippen molar-refractivity contribution in [3.8, 4) is 33.5 Å². The van der Waals surface area contributed by atoms with E-state index in [1.807, 2.05) is 0 Å². The van der Waals surface area contributed by atoms with Crippen molar-refractivity contribution < 1.29 is 8.98 Å². The van der Waals surface area contributed by atoms with Crippen molar-refractivity contribution in [1.29, 1.82) is 0 Å². The van der Waals surface area contributed by atoms with E-state index in [9.17, 15) is 0 Å². The van der Waals surface area contributed by atoms with E-state index in [1.54, 1.807) is 0 Å². The first kappa shape index (κ1) is 21.1. The molecule has 2 aromatic heterocycles. The number of furan rings is 1. The van der Waals surface area contributed by atoms with Gasteiger partial charge in [-0.25, -0.2) is 4.57 Å².